The van der Waals surface area contributed by atoms with Crippen LogP contribution in [0.15, 0.2) is 0 Å². The van der Waals surface area contributed by atoms with E-state index in [2.05, 4.69) is 33.0 Å². The van der Waals surface area contributed by atoms with Gasteiger partial charge in [0.1, 0.15) is 13.2 Å². The number of rotatable bonds is 85. The summed E-state index contributed by atoms with van der Waals surface area (Å²) in [5.74, 6) is -4.59. The van der Waals surface area contributed by atoms with E-state index in [1.165, 1.54) is 270 Å². The molecule has 2 atom stereocenters. The van der Waals surface area contributed by atoms with Gasteiger partial charge in [-0.25, -0.2) is 9.36 Å². The van der Waals surface area contributed by atoms with Crippen molar-refractivity contribution in [2.75, 3.05) is 39.6 Å². The van der Waals surface area contributed by atoms with Gasteiger partial charge in [-0.15, -0.1) is 5.06 Å². The Morgan fingerprint density at radius 2 is 0.541 bits per heavy atom. The van der Waals surface area contributed by atoms with E-state index in [0.29, 0.717) is 30.7 Å². The number of hydrogen-bond acceptors (Lipinski definition) is 17. The van der Waals surface area contributed by atoms with Gasteiger partial charge in [0.2, 0.25) is 5.91 Å². The maximum absolute atomic E-state index is 15.0. The van der Waals surface area contributed by atoms with Crippen molar-refractivity contribution in [1.82, 2.24) is 10.4 Å². The van der Waals surface area contributed by atoms with E-state index < -0.39 is 101 Å². The van der Waals surface area contributed by atoms with Gasteiger partial charge in [0.05, 0.1) is 19.8 Å². The zero-order chi connectivity index (χ0) is 79.2. The van der Waals surface area contributed by atoms with E-state index in [0.717, 1.165) is 89.9 Å². The van der Waals surface area contributed by atoms with Crippen LogP contribution in [0.5, 0.6) is 0 Å². The van der Waals surface area contributed by atoms with Crippen LogP contribution in [0.25, 0.3) is 0 Å². The monoisotopic (exact) mass is 1570 g/mol. The van der Waals surface area contributed by atoms with Crippen LogP contribution in [0.2, 0.25) is 0 Å². The fourth-order valence-corrected chi connectivity index (χ4v) is 15.1. The first kappa shape index (κ1) is 103. The van der Waals surface area contributed by atoms with Gasteiger partial charge < -0.3 is 29.1 Å². The highest BCUT2D eigenvalue weighted by Crippen LogP contribution is 2.50. The van der Waals surface area contributed by atoms with E-state index in [1.54, 1.807) is 0 Å². The van der Waals surface area contributed by atoms with Crippen LogP contribution in [0.3, 0.4) is 0 Å². The lowest BCUT2D eigenvalue weighted by Gasteiger charge is -2.24. The zero-order valence-corrected chi connectivity index (χ0v) is 71.4. The van der Waals surface area contributed by atoms with Crippen LogP contribution in [-0.4, -0.2) is 104 Å². The molecule has 0 aromatic carbocycles. The number of nitrogens with zero attached hydrogens (tertiary/aromatic N) is 1. The van der Waals surface area contributed by atoms with Crippen molar-refractivity contribution in [1.29, 1.82) is 0 Å². The molecule has 1 heterocycles. The van der Waals surface area contributed by atoms with Crippen molar-refractivity contribution in [2.45, 2.75) is 483 Å². The molecule has 1 rings (SSSR count). The second-order valence-electron chi connectivity index (χ2n) is 31.5. The van der Waals surface area contributed by atoms with Crippen molar-refractivity contribution >= 4 is 55.4 Å². The Bertz CT molecular complexity index is 2110. The zero-order valence-electron chi connectivity index (χ0n) is 70.5. The summed E-state index contributed by atoms with van der Waals surface area (Å²) in [5, 5.41) is 3.10. The molecule has 1 fully saturated rings. The fourth-order valence-electron chi connectivity index (χ4n) is 13.9. The Balaban J connectivity index is 3.21. The third-order valence-electron chi connectivity index (χ3n) is 20.9. The summed E-state index contributed by atoms with van der Waals surface area (Å²) in [7, 11) is -4.76. The average molecular weight is 1570 g/mol. The Morgan fingerprint density at radius 3 is 0.807 bits per heavy atom. The highest BCUT2D eigenvalue weighted by molar-refractivity contribution is 7.48. The second-order valence-corrected chi connectivity index (χ2v) is 33.2. The third-order valence-corrected chi connectivity index (χ3v) is 22.3. The number of phosphoric acid groups is 1. The Kier molecular flexibility index (Phi) is 73.7. The smallest absolute Gasteiger partial charge is 0.462 e. The topological polar surface area (TPSA) is 243 Å². The summed E-state index contributed by atoms with van der Waals surface area (Å²) in [6.45, 7) is 6.38. The molecular formula is C89H165N2O17P. The SMILES string of the molecule is CCCCCCCCCCCCCCCCCC(=O)OC[C@H](COP(=O)(OCCNC(=O)CCCC(=O)ON1C(=O)CCC1=O)OC[C@@H](COC(=O)CCCCCCCCCCCCCCCCC)OC(=O)CCCCCCCCCCCCCCCCC)OC(=O)CCCCCCCCCCCCCCCCC. The molecule has 0 radical (unpaired) electrons. The number of esters is 4. The van der Waals surface area contributed by atoms with Crippen LogP contribution < -0.4 is 5.32 Å². The molecular weight excluding hydrogens is 1400 g/mol. The van der Waals surface area contributed by atoms with E-state index in [9.17, 15) is 42.9 Å². The minimum atomic E-state index is -4.76. The summed E-state index contributed by atoms with van der Waals surface area (Å²) in [4.78, 5) is 108. The number of hydrogen-bond donors (Lipinski definition) is 1. The molecule has 19 nitrogen and oxygen atoms in total. The van der Waals surface area contributed by atoms with Gasteiger partial charge in [-0.2, -0.15) is 0 Å². The summed E-state index contributed by atoms with van der Waals surface area (Å²) < 4.78 is 56.0. The van der Waals surface area contributed by atoms with Gasteiger partial charge in [0, 0.05) is 57.9 Å². The molecule has 0 aromatic heterocycles. The molecule has 0 spiro atoms. The number of phosphoric ester groups is 1. The first-order chi connectivity index (χ1) is 53.2. The van der Waals surface area contributed by atoms with E-state index in [4.69, 9.17) is 37.4 Å². The van der Waals surface area contributed by atoms with Crippen molar-refractivity contribution in [2.24, 2.45) is 0 Å². The molecule has 1 aliphatic heterocycles. The minimum Gasteiger partial charge on any atom is -0.462 e. The summed E-state index contributed by atoms with van der Waals surface area (Å²) in [6.07, 6.45) is 68.6. The van der Waals surface area contributed by atoms with Crippen molar-refractivity contribution in [3.8, 4) is 0 Å². The molecule has 638 valence electrons. The van der Waals surface area contributed by atoms with Gasteiger partial charge in [-0.1, -0.05) is 387 Å². The van der Waals surface area contributed by atoms with Gasteiger partial charge in [0.15, 0.2) is 12.2 Å². The van der Waals surface area contributed by atoms with Gasteiger partial charge in [-0.05, 0) is 32.1 Å². The summed E-state index contributed by atoms with van der Waals surface area (Å²) >= 11 is 0. The predicted molar refractivity (Wildman–Crippen MR) is 439 cm³/mol. The molecule has 1 aliphatic rings. The molecule has 0 saturated carbocycles. The lowest BCUT2D eigenvalue weighted by Crippen LogP contribution is -2.32. The van der Waals surface area contributed by atoms with Gasteiger partial charge in [-0.3, -0.25) is 47.1 Å². The first-order valence-electron chi connectivity index (χ1n) is 45.8. The summed E-state index contributed by atoms with van der Waals surface area (Å²) in [5.41, 5.74) is 0. The minimum absolute atomic E-state index is 0.0274. The lowest BCUT2D eigenvalue weighted by atomic mass is 10.0. The van der Waals surface area contributed by atoms with Crippen LogP contribution in [0, 0.1) is 0 Å². The second kappa shape index (κ2) is 78.0. The van der Waals surface area contributed by atoms with Gasteiger partial charge in [0.25, 0.3) is 11.8 Å². The average Bonchev–Trinajstić information content (AvgIpc) is 1.78. The van der Waals surface area contributed by atoms with E-state index >= 15 is 0 Å². The van der Waals surface area contributed by atoms with Crippen LogP contribution in [-0.2, 0) is 80.3 Å². The van der Waals surface area contributed by atoms with Crippen molar-refractivity contribution in [3.05, 3.63) is 0 Å². The van der Waals surface area contributed by atoms with Crippen molar-refractivity contribution < 1.29 is 80.3 Å². The predicted octanol–water partition coefficient (Wildman–Crippen LogP) is 25.0. The van der Waals surface area contributed by atoms with Crippen LogP contribution in [0.1, 0.15) is 471 Å². The molecule has 20 heteroatoms. The lowest BCUT2D eigenvalue weighted by molar-refractivity contribution is -0.197. The number of nitrogens with one attached hydrogen (secondary N) is 1. The molecule has 0 unspecified atom stereocenters. The first-order valence-corrected chi connectivity index (χ1v) is 47.3. The Labute approximate surface area is 665 Å². The van der Waals surface area contributed by atoms with E-state index in [1.807, 2.05) is 0 Å². The number of imide groups is 1. The highest BCUT2D eigenvalue weighted by atomic mass is 31.2. The molecule has 0 aromatic rings. The van der Waals surface area contributed by atoms with E-state index in [-0.39, 0.29) is 64.3 Å². The molecule has 0 aliphatic carbocycles. The number of amides is 3. The fraction of sp³-hybridized carbons (Fsp3) is 0.910. The third kappa shape index (κ3) is 69.3. The van der Waals surface area contributed by atoms with Crippen molar-refractivity contribution in [3.63, 3.8) is 0 Å². The quantitative estimate of drug-likeness (QED) is 0.0196. The molecule has 1 saturated heterocycles. The number of unbranched alkanes of at least 4 members (excludes halogenated alkanes) is 56. The van der Waals surface area contributed by atoms with Crippen LogP contribution in [0.4, 0.5) is 0 Å². The highest BCUT2D eigenvalue weighted by Gasteiger charge is 2.34. The molecule has 0 bridgehead atoms. The largest absolute Gasteiger partial charge is 0.475 e. The Morgan fingerprint density at radius 1 is 0.303 bits per heavy atom. The normalized spacial score (nSPS) is 12.9. The molecule has 109 heavy (non-hydrogen) atoms. The maximum atomic E-state index is 15.0. The molecule has 1 N–H and O–H groups in total. The number of hydroxylamine groups is 2. The number of ether oxygens (including phenoxy) is 4. The standard InChI is InChI=1S/C89H165N2O17P/c1-5-9-13-17-21-25-29-33-37-41-45-49-53-57-61-67-85(95)101-76-80(106-87(97)69-63-59-55-51-47-43-39-35-31-27-23-19-15-11-7-3)78-104-109(100,103-75-74-90-82(92)66-65-71-89(99)108-91-83(93)72-73-84(91)94)105-79-81(107-88(98)70-64-60-56-52-48-44-40-36-32-28-24-20-16-12-8-4)77-102-86(96)68-62-58-54-50-46-42-38-34-30-26-22-18-14-10-6-2/h80-81H,5-79H2,1-4H3,(H,90,92)/t80-,81-/m1/s1. The molecule has 3 amide bonds. The van der Waals surface area contributed by atoms with Gasteiger partial charge >= 0.3 is 37.7 Å². The van der Waals surface area contributed by atoms with Crippen LogP contribution >= 0.6 is 7.82 Å². The number of carbonyl (C=O) groups excluding carboxylic acids is 8. The summed E-state index contributed by atoms with van der Waals surface area (Å²) in [6, 6.07) is 0. The Hall–Kier alpha value is -3.93. The number of carbonyl (C=O) groups is 8. The maximum Gasteiger partial charge on any atom is 0.475 e.